The summed E-state index contributed by atoms with van der Waals surface area (Å²) in [6, 6.07) is 0. The number of ketones is 1. The van der Waals surface area contributed by atoms with E-state index in [1.807, 2.05) is 6.92 Å². The summed E-state index contributed by atoms with van der Waals surface area (Å²) in [5.41, 5.74) is -4.06. The van der Waals surface area contributed by atoms with Crippen LogP contribution in [0.5, 0.6) is 0 Å². The lowest BCUT2D eigenvalue weighted by molar-refractivity contribution is -0.177. The van der Waals surface area contributed by atoms with Crippen LogP contribution in [0.25, 0.3) is 0 Å². The summed E-state index contributed by atoms with van der Waals surface area (Å²) in [7, 11) is 0. The zero-order valence-corrected chi connectivity index (χ0v) is 22.7. The van der Waals surface area contributed by atoms with Gasteiger partial charge >= 0.3 is 17.9 Å². The molecule has 6 aliphatic rings. The van der Waals surface area contributed by atoms with Gasteiger partial charge < -0.3 is 29.2 Å². The number of esters is 3. The second-order valence-corrected chi connectivity index (χ2v) is 13.0. The van der Waals surface area contributed by atoms with E-state index in [1.165, 1.54) is 0 Å². The molecular weight excluding hydrogens is 508 g/mol. The minimum Gasteiger partial charge on any atom is -0.462 e. The Morgan fingerprint density at radius 2 is 1.92 bits per heavy atom. The highest BCUT2D eigenvalue weighted by Crippen LogP contribution is 2.64. The average Bonchev–Trinajstić information content (AvgIpc) is 3.46. The Kier molecular flexibility index (Phi) is 5.79. The van der Waals surface area contributed by atoms with E-state index in [1.54, 1.807) is 32.9 Å². The van der Waals surface area contributed by atoms with Crippen LogP contribution in [0.2, 0.25) is 0 Å². The molecule has 4 aliphatic heterocycles. The first-order valence-electron chi connectivity index (χ1n) is 13.8. The van der Waals surface area contributed by atoms with Gasteiger partial charge in [0.1, 0.15) is 29.4 Å². The lowest BCUT2D eigenvalue weighted by Crippen LogP contribution is -2.51. The molecule has 10 nitrogen and oxygen atoms in total. The first-order chi connectivity index (χ1) is 18.2. The second-order valence-electron chi connectivity index (χ2n) is 13.0. The molecule has 4 heterocycles. The normalized spacial score (nSPS) is 48.3. The van der Waals surface area contributed by atoms with Crippen molar-refractivity contribution < 1.29 is 48.3 Å². The van der Waals surface area contributed by atoms with Crippen LogP contribution in [-0.2, 0) is 38.1 Å². The molecule has 10 unspecified atom stereocenters. The van der Waals surface area contributed by atoms with E-state index < -0.39 is 70.1 Å². The summed E-state index contributed by atoms with van der Waals surface area (Å²) in [5.74, 6) is -3.11. The predicted molar refractivity (Wildman–Crippen MR) is 132 cm³/mol. The van der Waals surface area contributed by atoms with Gasteiger partial charge in [0, 0.05) is 41.1 Å². The molecule has 1 spiro atoms. The zero-order chi connectivity index (χ0) is 28.1. The van der Waals surface area contributed by atoms with E-state index in [4.69, 9.17) is 18.9 Å². The molecule has 2 aliphatic carbocycles. The van der Waals surface area contributed by atoms with E-state index >= 15 is 0 Å². The summed E-state index contributed by atoms with van der Waals surface area (Å²) in [4.78, 5) is 51.1. The molecule has 10 atom stereocenters. The fraction of sp³-hybridized carbons (Fsp3) is 0.724. The topological polar surface area (TPSA) is 146 Å². The molecule has 2 saturated carbocycles. The first-order valence-corrected chi connectivity index (χ1v) is 13.8. The van der Waals surface area contributed by atoms with Crippen LogP contribution in [0, 0.1) is 29.1 Å². The minimum atomic E-state index is -1.37. The van der Waals surface area contributed by atoms with Crippen molar-refractivity contribution in [2.24, 2.45) is 29.1 Å². The highest BCUT2D eigenvalue weighted by molar-refractivity contribution is 5.94. The van der Waals surface area contributed by atoms with Crippen LogP contribution in [-0.4, -0.2) is 69.5 Å². The number of Topliss-reactive ketones (excluding diaryl/α,β-unsaturated/α-hetero) is 1. The van der Waals surface area contributed by atoms with Gasteiger partial charge in [-0.25, -0.2) is 4.79 Å². The quantitative estimate of drug-likeness (QED) is 0.397. The molecule has 0 aromatic heterocycles. The van der Waals surface area contributed by atoms with Crippen molar-refractivity contribution in [1.29, 1.82) is 0 Å². The number of aliphatic hydroxyl groups is 2. The molecule has 39 heavy (non-hydrogen) atoms. The zero-order valence-electron chi connectivity index (χ0n) is 22.7. The highest BCUT2D eigenvalue weighted by Gasteiger charge is 2.74. The largest absolute Gasteiger partial charge is 0.462 e. The van der Waals surface area contributed by atoms with Crippen molar-refractivity contribution >= 4 is 23.7 Å². The van der Waals surface area contributed by atoms with Crippen molar-refractivity contribution in [3.8, 4) is 0 Å². The third-order valence-electron chi connectivity index (χ3n) is 10.5. The molecule has 3 saturated heterocycles. The SMILES string of the molecule is CC1=CC(=CC(C)C(=O)C2(C)CC(=O)OC3C4CCC5C(C)(CO)OC6CC(=O)OC65CC4(O)CC32)OC1=O. The van der Waals surface area contributed by atoms with Crippen molar-refractivity contribution in [2.75, 3.05) is 6.61 Å². The Morgan fingerprint density at radius 3 is 2.59 bits per heavy atom. The molecule has 0 aromatic rings. The van der Waals surface area contributed by atoms with Gasteiger partial charge in [-0.15, -0.1) is 0 Å². The number of ether oxygens (including phenoxy) is 4. The van der Waals surface area contributed by atoms with E-state index in [-0.39, 0.29) is 44.0 Å². The molecule has 212 valence electrons. The molecule has 10 heteroatoms. The summed E-state index contributed by atoms with van der Waals surface area (Å²) in [6.07, 6.45) is 3.10. The minimum absolute atomic E-state index is 0.0511. The maximum atomic E-state index is 14.0. The van der Waals surface area contributed by atoms with E-state index in [2.05, 4.69) is 0 Å². The van der Waals surface area contributed by atoms with Gasteiger partial charge in [0.15, 0.2) is 0 Å². The van der Waals surface area contributed by atoms with Gasteiger partial charge in [0.05, 0.1) is 30.7 Å². The third kappa shape index (κ3) is 3.70. The van der Waals surface area contributed by atoms with Crippen molar-refractivity contribution in [3.63, 3.8) is 0 Å². The van der Waals surface area contributed by atoms with Crippen molar-refractivity contribution in [2.45, 2.75) is 95.2 Å². The molecule has 0 bridgehead atoms. The van der Waals surface area contributed by atoms with Crippen LogP contribution in [0.4, 0.5) is 0 Å². The van der Waals surface area contributed by atoms with E-state index in [9.17, 15) is 29.4 Å². The maximum Gasteiger partial charge on any atom is 0.339 e. The number of carbonyl (C=O) groups is 4. The Morgan fingerprint density at radius 1 is 1.18 bits per heavy atom. The fourth-order valence-electron chi connectivity index (χ4n) is 8.73. The Bertz CT molecular complexity index is 1220. The van der Waals surface area contributed by atoms with Gasteiger partial charge in [-0.05, 0) is 45.3 Å². The smallest absolute Gasteiger partial charge is 0.339 e. The Balaban J connectivity index is 1.33. The van der Waals surface area contributed by atoms with Gasteiger partial charge in [-0.1, -0.05) is 13.8 Å². The second kappa shape index (κ2) is 8.47. The van der Waals surface area contributed by atoms with Crippen LogP contribution in [0.3, 0.4) is 0 Å². The molecule has 6 rings (SSSR count). The van der Waals surface area contributed by atoms with Gasteiger partial charge in [-0.3, -0.25) is 14.4 Å². The molecule has 5 fully saturated rings. The lowest BCUT2D eigenvalue weighted by atomic mass is 9.64. The number of allylic oxidation sites excluding steroid dienone is 2. The first kappa shape index (κ1) is 26.7. The Hall–Kier alpha value is -2.56. The summed E-state index contributed by atoms with van der Waals surface area (Å²) in [6.45, 7) is 6.67. The average molecular weight is 545 g/mol. The molecule has 2 N–H and O–H groups in total. The fourth-order valence-corrected chi connectivity index (χ4v) is 8.73. The number of hydrogen-bond donors (Lipinski definition) is 2. The number of fused-ring (bicyclic) bond motifs is 3. The molecular formula is C29H36O10. The summed E-state index contributed by atoms with van der Waals surface area (Å²) >= 11 is 0. The molecule has 0 amide bonds. The summed E-state index contributed by atoms with van der Waals surface area (Å²) in [5, 5.41) is 22.5. The lowest BCUT2D eigenvalue weighted by Gasteiger charge is -2.43. The highest BCUT2D eigenvalue weighted by atomic mass is 16.6. The number of hydrogen-bond acceptors (Lipinski definition) is 10. The maximum absolute atomic E-state index is 14.0. The predicted octanol–water partition coefficient (Wildman–Crippen LogP) is 1.90. The van der Waals surface area contributed by atoms with Crippen LogP contribution < -0.4 is 0 Å². The van der Waals surface area contributed by atoms with Crippen molar-refractivity contribution in [1.82, 2.24) is 0 Å². The number of aliphatic hydroxyl groups excluding tert-OH is 1. The summed E-state index contributed by atoms with van der Waals surface area (Å²) < 4.78 is 23.3. The number of rotatable bonds is 4. The van der Waals surface area contributed by atoms with Crippen LogP contribution in [0.1, 0.15) is 66.2 Å². The molecule has 0 radical (unpaired) electrons. The monoisotopic (exact) mass is 544 g/mol. The van der Waals surface area contributed by atoms with Gasteiger partial charge in [-0.2, -0.15) is 0 Å². The number of carbonyl (C=O) groups excluding carboxylic acids is 4. The van der Waals surface area contributed by atoms with E-state index in [0.717, 1.165) is 0 Å². The Labute approximate surface area is 226 Å². The number of cyclic esters (lactones) is 1. The van der Waals surface area contributed by atoms with Gasteiger partial charge in [0.2, 0.25) is 0 Å². The third-order valence-corrected chi connectivity index (χ3v) is 10.5. The van der Waals surface area contributed by atoms with Crippen LogP contribution in [0.15, 0.2) is 23.5 Å². The van der Waals surface area contributed by atoms with Crippen LogP contribution >= 0.6 is 0 Å². The molecule has 0 aromatic carbocycles. The van der Waals surface area contributed by atoms with Gasteiger partial charge in [0.25, 0.3) is 0 Å². The van der Waals surface area contributed by atoms with Crippen molar-refractivity contribution in [3.05, 3.63) is 23.5 Å². The van der Waals surface area contributed by atoms with E-state index in [0.29, 0.717) is 24.2 Å². The standard InChI is InChI=1S/C29H36O10/c1-14(7-16-8-15(2)25(34)36-16)24(33)26(3)11-22(32)37-23-17-5-6-19-27(4,13-30)38-20-9-21(31)39-29(19,20)12-28(17,35)10-18(23)26/h7-8,14,17-20,23,30,35H,5-6,9-13H2,1-4H3.